The lowest BCUT2D eigenvalue weighted by Crippen LogP contribution is -2.28. The molecule has 1 saturated heterocycles. The summed E-state index contributed by atoms with van der Waals surface area (Å²) in [6.07, 6.45) is 3.31. The van der Waals surface area contributed by atoms with Crippen molar-refractivity contribution in [3.8, 4) is 5.69 Å². The molecule has 0 aliphatic carbocycles. The van der Waals surface area contributed by atoms with E-state index in [0.717, 1.165) is 12.8 Å². The van der Waals surface area contributed by atoms with Crippen LogP contribution in [0.2, 0.25) is 5.02 Å². The fourth-order valence-corrected chi connectivity index (χ4v) is 3.92. The Bertz CT molecular complexity index is 1300. The molecule has 0 bridgehead atoms. The molecule has 5 rings (SSSR count). The second kappa shape index (κ2) is 9.13. The molecule has 1 aliphatic heterocycles. The molecule has 1 aliphatic rings. The van der Waals surface area contributed by atoms with Gasteiger partial charge < -0.3 is 10.1 Å². The molecule has 0 unspecified atom stereocenters. The van der Waals surface area contributed by atoms with E-state index in [9.17, 15) is 9.18 Å². The van der Waals surface area contributed by atoms with Crippen LogP contribution in [0.3, 0.4) is 0 Å². The van der Waals surface area contributed by atoms with Gasteiger partial charge in [-0.05, 0) is 49.2 Å². The number of benzene rings is 2. The molecule has 0 saturated carbocycles. The molecular formula is C23H20ClFN6O2. The monoisotopic (exact) mass is 466 g/mol. The maximum atomic E-state index is 13.6. The van der Waals surface area contributed by atoms with Crippen LogP contribution in [0, 0.1) is 5.82 Å². The SMILES string of the molecule is O=C(Nc1nc2cnc(NC3CCOCC3)nc2n1-c1ccc(F)cc1)c1ccccc1Cl. The van der Waals surface area contributed by atoms with Crippen LogP contribution in [-0.4, -0.2) is 44.7 Å². The molecule has 0 atom stereocenters. The Balaban J connectivity index is 1.55. The number of amides is 1. The fraction of sp³-hybridized carbons (Fsp3) is 0.217. The Kier molecular flexibility index (Phi) is 5.89. The maximum absolute atomic E-state index is 13.6. The molecule has 4 aromatic rings. The van der Waals surface area contributed by atoms with Gasteiger partial charge in [-0.25, -0.2) is 14.4 Å². The van der Waals surface area contributed by atoms with Crippen LogP contribution in [0.15, 0.2) is 54.7 Å². The molecule has 2 aromatic heterocycles. The van der Waals surface area contributed by atoms with Crippen molar-refractivity contribution in [2.45, 2.75) is 18.9 Å². The van der Waals surface area contributed by atoms with Crippen LogP contribution in [-0.2, 0) is 4.74 Å². The Morgan fingerprint density at radius 3 is 2.61 bits per heavy atom. The van der Waals surface area contributed by atoms with E-state index in [1.807, 2.05) is 0 Å². The quantitative estimate of drug-likeness (QED) is 0.451. The average Bonchev–Trinajstić information content (AvgIpc) is 3.17. The van der Waals surface area contributed by atoms with Crippen LogP contribution >= 0.6 is 11.6 Å². The number of nitrogens with zero attached hydrogens (tertiary/aromatic N) is 4. The second-order valence-corrected chi connectivity index (χ2v) is 8.02. The number of imidazole rings is 1. The van der Waals surface area contributed by atoms with Crippen molar-refractivity contribution in [1.29, 1.82) is 0 Å². The van der Waals surface area contributed by atoms with E-state index >= 15 is 0 Å². The minimum atomic E-state index is -0.423. The van der Waals surface area contributed by atoms with Gasteiger partial charge in [0.2, 0.25) is 11.9 Å². The highest BCUT2D eigenvalue weighted by atomic mass is 35.5. The standard InChI is InChI=1S/C23H20ClFN6O2/c24-18-4-2-1-3-17(18)21(32)30-23-28-19-13-26-22(27-15-9-11-33-12-10-15)29-20(19)31(23)16-7-5-14(25)6-8-16/h1-8,13,15H,9-12H2,(H,26,27,29)(H,28,30,32). The van der Waals surface area contributed by atoms with Crippen LogP contribution in [0.25, 0.3) is 16.9 Å². The third kappa shape index (κ3) is 4.50. The van der Waals surface area contributed by atoms with Gasteiger partial charge in [0, 0.05) is 19.3 Å². The highest BCUT2D eigenvalue weighted by Crippen LogP contribution is 2.26. The Labute approximate surface area is 193 Å². The van der Waals surface area contributed by atoms with Crippen molar-refractivity contribution in [3.05, 3.63) is 71.1 Å². The van der Waals surface area contributed by atoms with Gasteiger partial charge in [0.15, 0.2) is 5.65 Å². The van der Waals surface area contributed by atoms with E-state index in [1.54, 1.807) is 47.2 Å². The zero-order chi connectivity index (χ0) is 22.8. The van der Waals surface area contributed by atoms with E-state index in [0.29, 0.717) is 46.6 Å². The topological polar surface area (TPSA) is 94.0 Å². The maximum Gasteiger partial charge on any atom is 0.259 e. The Morgan fingerprint density at radius 1 is 1.09 bits per heavy atom. The van der Waals surface area contributed by atoms with Crippen LogP contribution < -0.4 is 10.6 Å². The van der Waals surface area contributed by atoms with Crippen molar-refractivity contribution in [3.63, 3.8) is 0 Å². The number of hydrogen-bond donors (Lipinski definition) is 2. The fourth-order valence-electron chi connectivity index (χ4n) is 3.70. The molecule has 1 amide bonds. The Morgan fingerprint density at radius 2 is 1.85 bits per heavy atom. The lowest BCUT2D eigenvalue weighted by molar-refractivity contribution is 0.0903. The Hall–Kier alpha value is -3.56. The number of fused-ring (bicyclic) bond motifs is 1. The highest BCUT2D eigenvalue weighted by Gasteiger charge is 2.20. The zero-order valence-electron chi connectivity index (χ0n) is 17.5. The first kappa shape index (κ1) is 21.3. The molecule has 33 heavy (non-hydrogen) atoms. The van der Waals surface area contributed by atoms with E-state index < -0.39 is 5.91 Å². The van der Waals surface area contributed by atoms with Crippen molar-refractivity contribution < 1.29 is 13.9 Å². The van der Waals surface area contributed by atoms with Gasteiger partial charge in [0.25, 0.3) is 5.91 Å². The molecule has 8 nitrogen and oxygen atoms in total. The predicted octanol–water partition coefficient (Wildman–Crippen LogP) is 4.45. The lowest BCUT2D eigenvalue weighted by Gasteiger charge is -2.22. The van der Waals surface area contributed by atoms with Crippen molar-refractivity contribution in [2.24, 2.45) is 0 Å². The minimum absolute atomic E-state index is 0.206. The highest BCUT2D eigenvalue weighted by molar-refractivity contribution is 6.34. The van der Waals surface area contributed by atoms with Gasteiger partial charge in [-0.2, -0.15) is 4.98 Å². The number of nitrogens with one attached hydrogen (secondary N) is 2. The number of ether oxygens (including phenoxy) is 1. The van der Waals surface area contributed by atoms with Crippen LogP contribution in [0.1, 0.15) is 23.2 Å². The third-order valence-electron chi connectivity index (χ3n) is 5.38. The average molecular weight is 467 g/mol. The van der Waals surface area contributed by atoms with E-state index in [4.69, 9.17) is 16.3 Å². The smallest absolute Gasteiger partial charge is 0.259 e. The summed E-state index contributed by atoms with van der Waals surface area (Å²) in [7, 11) is 0. The lowest BCUT2D eigenvalue weighted by atomic mass is 10.1. The third-order valence-corrected chi connectivity index (χ3v) is 5.71. The predicted molar refractivity (Wildman–Crippen MR) is 123 cm³/mol. The number of carbonyl (C=O) groups is 1. The van der Waals surface area contributed by atoms with Gasteiger partial charge in [-0.15, -0.1) is 0 Å². The molecule has 2 aromatic carbocycles. The van der Waals surface area contributed by atoms with Crippen molar-refractivity contribution >= 4 is 40.6 Å². The molecule has 0 radical (unpaired) electrons. The normalized spacial score (nSPS) is 14.4. The largest absolute Gasteiger partial charge is 0.381 e. The summed E-state index contributed by atoms with van der Waals surface area (Å²) in [5.74, 6) is -0.130. The summed E-state index contributed by atoms with van der Waals surface area (Å²) >= 11 is 6.18. The van der Waals surface area contributed by atoms with E-state index in [1.165, 1.54) is 12.1 Å². The molecule has 10 heteroatoms. The van der Waals surface area contributed by atoms with Crippen LogP contribution in [0.4, 0.5) is 16.3 Å². The number of carbonyl (C=O) groups excluding carboxylic acids is 1. The summed E-state index contributed by atoms with van der Waals surface area (Å²) < 4.78 is 20.6. The first-order valence-electron chi connectivity index (χ1n) is 10.5. The zero-order valence-corrected chi connectivity index (χ0v) is 18.2. The summed E-state index contributed by atoms with van der Waals surface area (Å²) in [5, 5.41) is 6.46. The molecule has 0 spiro atoms. The number of hydrogen-bond acceptors (Lipinski definition) is 6. The molecule has 1 fully saturated rings. The van der Waals surface area contributed by atoms with Crippen molar-refractivity contribution in [2.75, 3.05) is 23.8 Å². The van der Waals surface area contributed by atoms with Gasteiger partial charge >= 0.3 is 0 Å². The number of aromatic nitrogens is 4. The van der Waals surface area contributed by atoms with Gasteiger partial charge in [-0.1, -0.05) is 23.7 Å². The summed E-state index contributed by atoms with van der Waals surface area (Å²) in [5.41, 5.74) is 1.85. The second-order valence-electron chi connectivity index (χ2n) is 7.61. The van der Waals surface area contributed by atoms with Crippen LogP contribution in [0.5, 0.6) is 0 Å². The first-order chi connectivity index (χ1) is 16.1. The summed E-state index contributed by atoms with van der Waals surface area (Å²) in [4.78, 5) is 26.5. The van der Waals surface area contributed by atoms with E-state index in [-0.39, 0.29) is 17.8 Å². The molecule has 3 heterocycles. The molecule has 168 valence electrons. The number of halogens is 2. The van der Waals surface area contributed by atoms with Gasteiger partial charge in [0.1, 0.15) is 11.3 Å². The number of rotatable bonds is 5. The van der Waals surface area contributed by atoms with Gasteiger partial charge in [0.05, 0.1) is 22.5 Å². The summed E-state index contributed by atoms with van der Waals surface area (Å²) in [6.45, 7) is 1.37. The minimum Gasteiger partial charge on any atom is -0.381 e. The first-order valence-corrected chi connectivity index (χ1v) is 10.9. The van der Waals surface area contributed by atoms with E-state index in [2.05, 4.69) is 25.6 Å². The molecule has 2 N–H and O–H groups in total. The van der Waals surface area contributed by atoms with Gasteiger partial charge in [-0.3, -0.25) is 14.7 Å². The van der Waals surface area contributed by atoms with Crippen molar-refractivity contribution in [1.82, 2.24) is 19.5 Å². The number of anilines is 2. The summed E-state index contributed by atoms with van der Waals surface area (Å²) in [6, 6.07) is 12.8. The molecular weight excluding hydrogens is 447 g/mol.